The van der Waals surface area contributed by atoms with Gasteiger partial charge < -0.3 is 16.4 Å². The van der Waals surface area contributed by atoms with E-state index in [-0.39, 0.29) is 5.69 Å². The second-order valence-corrected chi connectivity index (χ2v) is 4.24. The molecule has 0 aliphatic carbocycles. The van der Waals surface area contributed by atoms with Crippen LogP contribution in [0.1, 0.15) is 16.1 Å². The number of primary amides is 1. The molecule has 1 aromatic heterocycles. The number of nitrogen functional groups attached to an aromatic ring is 1. The minimum absolute atomic E-state index is 0.154. The Morgan fingerprint density at radius 1 is 1.26 bits per heavy atom. The van der Waals surface area contributed by atoms with Crippen molar-refractivity contribution in [3.63, 3.8) is 0 Å². The lowest BCUT2D eigenvalue weighted by Gasteiger charge is -2.17. The van der Waals surface area contributed by atoms with Gasteiger partial charge in [-0.15, -0.1) is 10.2 Å². The maximum atomic E-state index is 10.9. The maximum absolute atomic E-state index is 10.9. The van der Waals surface area contributed by atoms with E-state index >= 15 is 0 Å². The fraction of sp³-hybridized carbons (Fsp3) is 0.154. The van der Waals surface area contributed by atoms with E-state index in [1.54, 1.807) is 12.1 Å². The van der Waals surface area contributed by atoms with Crippen molar-refractivity contribution in [1.82, 2.24) is 10.2 Å². The summed E-state index contributed by atoms with van der Waals surface area (Å²) in [6.45, 7) is 0.648. The number of hydrogen-bond donors (Lipinski definition) is 2. The summed E-state index contributed by atoms with van der Waals surface area (Å²) < 4.78 is 0. The molecule has 0 radical (unpaired) electrons. The second-order valence-electron chi connectivity index (χ2n) is 4.24. The molecule has 2 rings (SSSR count). The topological polar surface area (TPSA) is 98.1 Å². The van der Waals surface area contributed by atoms with Crippen molar-refractivity contribution < 1.29 is 4.79 Å². The van der Waals surface area contributed by atoms with Crippen LogP contribution in [-0.4, -0.2) is 23.2 Å². The summed E-state index contributed by atoms with van der Waals surface area (Å²) in [5.74, 6) is 0.0740. The molecule has 0 spiro atoms. The van der Waals surface area contributed by atoms with Crippen LogP contribution >= 0.6 is 0 Å². The van der Waals surface area contributed by atoms with Crippen LogP contribution in [0.5, 0.6) is 0 Å². The molecule has 0 atom stereocenters. The number of rotatable bonds is 4. The van der Waals surface area contributed by atoms with Crippen molar-refractivity contribution in [2.75, 3.05) is 17.7 Å². The van der Waals surface area contributed by atoms with Crippen LogP contribution < -0.4 is 16.4 Å². The quantitative estimate of drug-likeness (QED) is 0.789. The molecular formula is C13H15N5O. The lowest BCUT2D eigenvalue weighted by Crippen LogP contribution is -2.20. The molecule has 0 aliphatic heterocycles. The highest BCUT2D eigenvalue weighted by Gasteiger charge is 2.07. The maximum Gasteiger partial charge on any atom is 0.269 e. The summed E-state index contributed by atoms with van der Waals surface area (Å²) in [4.78, 5) is 12.8. The summed E-state index contributed by atoms with van der Waals surface area (Å²) >= 11 is 0. The highest BCUT2D eigenvalue weighted by Crippen LogP contribution is 2.13. The molecule has 0 aliphatic rings. The number of anilines is 2. The third-order valence-corrected chi connectivity index (χ3v) is 2.66. The van der Waals surface area contributed by atoms with Crippen LogP contribution in [0.25, 0.3) is 0 Å². The number of nitrogens with two attached hydrogens (primary N) is 2. The van der Waals surface area contributed by atoms with Crippen LogP contribution in [0.2, 0.25) is 0 Å². The molecule has 4 N–H and O–H groups in total. The number of carbonyl (C=O) groups is 1. The lowest BCUT2D eigenvalue weighted by molar-refractivity contribution is 0.0994. The van der Waals surface area contributed by atoms with Gasteiger partial charge in [-0.3, -0.25) is 4.79 Å². The summed E-state index contributed by atoms with van der Waals surface area (Å²) in [5, 5.41) is 7.73. The summed E-state index contributed by atoms with van der Waals surface area (Å²) in [6.07, 6.45) is 0. The monoisotopic (exact) mass is 257 g/mol. The molecule has 0 fully saturated rings. The fourth-order valence-corrected chi connectivity index (χ4v) is 1.71. The average molecular weight is 257 g/mol. The zero-order valence-corrected chi connectivity index (χ0v) is 10.6. The fourth-order valence-electron chi connectivity index (χ4n) is 1.71. The first-order chi connectivity index (χ1) is 9.06. The Balaban J connectivity index is 2.11. The molecule has 98 valence electrons. The second kappa shape index (κ2) is 5.34. The molecule has 0 saturated carbocycles. The standard InChI is InChI=1S/C13H15N5O/c1-18(8-9-3-2-4-10(14)7-9)12-6-5-11(13(15)19)16-17-12/h2-7H,8,14H2,1H3,(H2,15,19). The van der Waals surface area contributed by atoms with E-state index in [9.17, 15) is 4.79 Å². The van der Waals surface area contributed by atoms with Crippen molar-refractivity contribution >= 4 is 17.4 Å². The summed E-state index contributed by atoms with van der Waals surface area (Å²) in [5.41, 5.74) is 12.8. The number of carbonyl (C=O) groups excluding carboxylic acids is 1. The molecule has 0 unspecified atom stereocenters. The van der Waals surface area contributed by atoms with Crippen molar-refractivity contribution in [2.45, 2.75) is 6.54 Å². The van der Waals surface area contributed by atoms with Crippen LogP contribution in [0, 0.1) is 0 Å². The Morgan fingerprint density at radius 3 is 2.63 bits per heavy atom. The highest BCUT2D eigenvalue weighted by molar-refractivity contribution is 5.90. The Kier molecular flexibility index (Phi) is 3.61. The van der Waals surface area contributed by atoms with Crippen molar-refractivity contribution in [3.05, 3.63) is 47.7 Å². The van der Waals surface area contributed by atoms with E-state index in [0.29, 0.717) is 12.4 Å². The van der Waals surface area contributed by atoms with Gasteiger partial charge in [0.15, 0.2) is 11.5 Å². The van der Waals surface area contributed by atoms with Crippen LogP contribution in [0.3, 0.4) is 0 Å². The van der Waals surface area contributed by atoms with Gasteiger partial charge in [0.25, 0.3) is 5.91 Å². The number of nitrogens with zero attached hydrogens (tertiary/aromatic N) is 3. The zero-order chi connectivity index (χ0) is 13.8. The highest BCUT2D eigenvalue weighted by atomic mass is 16.1. The molecule has 1 heterocycles. The van der Waals surface area contributed by atoms with Gasteiger partial charge in [0.2, 0.25) is 0 Å². The van der Waals surface area contributed by atoms with Crippen LogP contribution in [0.4, 0.5) is 11.5 Å². The predicted molar refractivity (Wildman–Crippen MR) is 73.5 cm³/mol. The SMILES string of the molecule is CN(Cc1cccc(N)c1)c1ccc(C(N)=O)nn1. The largest absolute Gasteiger partial charge is 0.399 e. The molecule has 6 heteroatoms. The zero-order valence-electron chi connectivity index (χ0n) is 10.6. The van der Waals surface area contributed by atoms with Crippen molar-refractivity contribution in [3.8, 4) is 0 Å². The number of aromatic nitrogens is 2. The molecule has 0 saturated heterocycles. The molecular weight excluding hydrogens is 242 g/mol. The molecule has 6 nitrogen and oxygen atoms in total. The summed E-state index contributed by atoms with van der Waals surface area (Å²) in [6, 6.07) is 10.9. The van der Waals surface area contributed by atoms with E-state index < -0.39 is 5.91 Å². The van der Waals surface area contributed by atoms with Gasteiger partial charge >= 0.3 is 0 Å². The van der Waals surface area contributed by atoms with E-state index in [4.69, 9.17) is 11.5 Å². The normalized spacial score (nSPS) is 10.2. The third-order valence-electron chi connectivity index (χ3n) is 2.66. The van der Waals surface area contributed by atoms with E-state index in [2.05, 4.69) is 10.2 Å². The van der Waals surface area contributed by atoms with Gasteiger partial charge in [0.05, 0.1) is 0 Å². The number of hydrogen-bond acceptors (Lipinski definition) is 5. The predicted octanol–water partition coefficient (Wildman–Crippen LogP) is 0.794. The number of amides is 1. The van der Waals surface area contributed by atoms with Gasteiger partial charge in [0.1, 0.15) is 0 Å². The first kappa shape index (κ1) is 12.8. The minimum atomic E-state index is -0.586. The first-order valence-electron chi connectivity index (χ1n) is 5.75. The Hall–Kier alpha value is -2.63. The summed E-state index contributed by atoms with van der Waals surface area (Å²) in [7, 11) is 1.89. The van der Waals surface area contributed by atoms with Crippen LogP contribution in [0.15, 0.2) is 36.4 Å². The Labute approximate surface area is 111 Å². The first-order valence-corrected chi connectivity index (χ1v) is 5.75. The minimum Gasteiger partial charge on any atom is -0.399 e. The lowest BCUT2D eigenvalue weighted by atomic mass is 10.2. The average Bonchev–Trinajstić information content (AvgIpc) is 2.39. The molecule has 1 aromatic carbocycles. The number of benzene rings is 1. The molecule has 0 bridgehead atoms. The van der Waals surface area contributed by atoms with E-state index in [1.807, 2.05) is 36.2 Å². The van der Waals surface area contributed by atoms with E-state index in [0.717, 1.165) is 11.3 Å². The molecule has 19 heavy (non-hydrogen) atoms. The Morgan fingerprint density at radius 2 is 2.05 bits per heavy atom. The van der Waals surface area contributed by atoms with E-state index in [1.165, 1.54) is 0 Å². The van der Waals surface area contributed by atoms with Gasteiger partial charge in [-0.05, 0) is 29.8 Å². The van der Waals surface area contributed by atoms with Gasteiger partial charge in [-0.25, -0.2) is 0 Å². The van der Waals surface area contributed by atoms with Gasteiger partial charge in [0, 0.05) is 19.3 Å². The Bertz CT molecular complexity index is 582. The molecule has 2 aromatic rings. The van der Waals surface area contributed by atoms with Crippen molar-refractivity contribution in [2.24, 2.45) is 5.73 Å². The smallest absolute Gasteiger partial charge is 0.269 e. The van der Waals surface area contributed by atoms with Crippen molar-refractivity contribution in [1.29, 1.82) is 0 Å². The van der Waals surface area contributed by atoms with Gasteiger partial charge in [-0.1, -0.05) is 12.1 Å². The molecule has 1 amide bonds. The third kappa shape index (κ3) is 3.19. The van der Waals surface area contributed by atoms with Crippen LogP contribution in [-0.2, 0) is 6.54 Å². The van der Waals surface area contributed by atoms with Gasteiger partial charge in [-0.2, -0.15) is 0 Å².